The van der Waals surface area contributed by atoms with Crippen LogP contribution in [0.4, 0.5) is 5.69 Å². The topological polar surface area (TPSA) is 84.5 Å². The van der Waals surface area contributed by atoms with Crippen LogP contribution in [-0.2, 0) is 10.0 Å². The van der Waals surface area contributed by atoms with Crippen molar-refractivity contribution >= 4 is 33.2 Å². The Morgan fingerprint density at radius 3 is 2.37 bits per heavy atom. The zero-order chi connectivity index (χ0) is 21.6. The number of sulfonamides is 1. The summed E-state index contributed by atoms with van der Waals surface area (Å²) in [4.78, 5) is 12.4. The number of hydrogen-bond acceptors (Lipinski definition) is 4. The van der Waals surface area contributed by atoms with Gasteiger partial charge in [-0.15, -0.1) is 0 Å². The number of amides is 1. The molecule has 0 radical (unpaired) electrons. The molecule has 0 unspecified atom stereocenters. The summed E-state index contributed by atoms with van der Waals surface area (Å²) in [6.07, 6.45) is 0. The summed E-state index contributed by atoms with van der Waals surface area (Å²) in [5.41, 5.74) is 1.75. The highest BCUT2D eigenvalue weighted by Crippen LogP contribution is 2.21. The van der Waals surface area contributed by atoms with Crippen LogP contribution in [0.2, 0.25) is 5.02 Å². The molecule has 0 heterocycles. The molecule has 0 aromatic heterocycles. The Labute approximate surface area is 180 Å². The fourth-order valence-electron chi connectivity index (χ4n) is 2.60. The number of hydrogen-bond donors (Lipinski definition) is 2. The molecule has 0 fully saturated rings. The normalized spacial score (nSPS) is 11.0. The molecule has 6 nitrogen and oxygen atoms in total. The van der Waals surface area contributed by atoms with E-state index in [4.69, 9.17) is 16.3 Å². The van der Waals surface area contributed by atoms with Gasteiger partial charge in [0.25, 0.3) is 15.9 Å². The molecule has 8 heteroatoms. The third-order valence-electron chi connectivity index (χ3n) is 4.25. The Bertz CT molecular complexity index is 1120. The van der Waals surface area contributed by atoms with E-state index < -0.39 is 10.0 Å². The van der Waals surface area contributed by atoms with Gasteiger partial charge in [-0.05, 0) is 61.0 Å². The lowest BCUT2D eigenvalue weighted by molar-refractivity contribution is 0.0947. The smallest absolute Gasteiger partial charge is 0.261 e. The second-order valence-electron chi connectivity index (χ2n) is 6.51. The Kier molecular flexibility index (Phi) is 6.97. The van der Waals surface area contributed by atoms with Gasteiger partial charge in [-0.3, -0.25) is 9.52 Å². The van der Waals surface area contributed by atoms with Crippen molar-refractivity contribution in [3.63, 3.8) is 0 Å². The van der Waals surface area contributed by atoms with Gasteiger partial charge < -0.3 is 10.1 Å². The van der Waals surface area contributed by atoms with E-state index in [2.05, 4.69) is 10.0 Å². The van der Waals surface area contributed by atoms with Gasteiger partial charge in [0.2, 0.25) is 0 Å². The average Bonchev–Trinajstić information content (AvgIpc) is 2.74. The van der Waals surface area contributed by atoms with Crippen molar-refractivity contribution < 1.29 is 17.9 Å². The Hall–Kier alpha value is -3.03. The predicted molar refractivity (Wildman–Crippen MR) is 118 cm³/mol. The molecular formula is C22H21ClN2O4S. The molecule has 1 amide bonds. The molecule has 0 saturated heterocycles. The van der Waals surface area contributed by atoms with Crippen LogP contribution in [0, 0.1) is 6.92 Å². The molecule has 0 spiro atoms. The maximum absolute atomic E-state index is 12.3. The van der Waals surface area contributed by atoms with E-state index in [0.29, 0.717) is 35.2 Å². The first-order chi connectivity index (χ1) is 14.3. The molecule has 3 aromatic carbocycles. The first-order valence-corrected chi connectivity index (χ1v) is 11.1. The minimum Gasteiger partial charge on any atom is -0.492 e. The molecule has 30 heavy (non-hydrogen) atoms. The molecule has 0 aliphatic heterocycles. The zero-order valence-corrected chi connectivity index (χ0v) is 17.8. The lowest BCUT2D eigenvalue weighted by Crippen LogP contribution is -2.28. The largest absolute Gasteiger partial charge is 0.492 e. The number of carbonyl (C=O) groups is 1. The standard InChI is InChI=1S/C22H21ClN2O4S/c1-16-7-12-19(15-21(16)23)29-14-13-24-22(26)17-8-10-18(11-9-17)25-30(27,28)20-5-3-2-4-6-20/h2-12,15,25H,13-14H2,1H3,(H,24,26). The Morgan fingerprint density at radius 1 is 1.00 bits per heavy atom. The highest BCUT2D eigenvalue weighted by atomic mass is 35.5. The number of carbonyl (C=O) groups excluding carboxylic acids is 1. The van der Waals surface area contributed by atoms with E-state index in [1.165, 1.54) is 12.1 Å². The van der Waals surface area contributed by atoms with Gasteiger partial charge in [0.1, 0.15) is 12.4 Å². The minimum absolute atomic E-state index is 0.168. The second kappa shape index (κ2) is 9.65. The molecule has 0 aliphatic carbocycles. The van der Waals surface area contributed by atoms with E-state index in [9.17, 15) is 13.2 Å². The van der Waals surface area contributed by atoms with Crippen LogP contribution in [0.5, 0.6) is 5.75 Å². The highest BCUT2D eigenvalue weighted by molar-refractivity contribution is 7.92. The van der Waals surface area contributed by atoms with Crippen molar-refractivity contribution in [2.75, 3.05) is 17.9 Å². The van der Waals surface area contributed by atoms with Crippen molar-refractivity contribution in [2.45, 2.75) is 11.8 Å². The van der Waals surface area contributed by atoms with Crippen LogP contribution < -0.4 is 14.8 Å². The van der Waals surface area contributed by atoms with Crippen LogP contribution in [-0.4, -0.2) is 27.5 Å². The molecule has 0 aliphatic rings. The molecular weight excluding hydrogens is 424 g/mol. The minimum atomic E-state index is -3.67. The number of nitrogens with one attached hydrogen (secondary N) is 2. The van der Waals surface area contributed by atoms with Crippen LogP contribution in [0.3, 0.4) is 0 Å². The number of rotatable bonds is 8. The molecule has 0 bridgehead atoms. The van der Waals surface area contributed by atoms with Crippen LogP contribution in [0.15, 0.2) is 77.7 Å². The number of benzene rings is 3. The Morgan fingerprint density at radius 2 is 1.70 bits per heavy atom. The van der Waals surface area contributed by atoms with Crippen molar-refractivity contribution in [1.82, 2.24) is 5.32 Å². The SMILES string of the molecule is Cc1ccc(OCCNC(=O)c2ccc(NS(=O)(=O)c3ccccc3)cc2)cc1Cl. The van der Waals surface area contributed by atoms with E-state index in [1.807, 2.05) is 19.1 Å². The van der Waals surface area contributed by atoms with Crippen LogP contribution in [0.1, 0.15) is 15.9 Å². The van der Waals surface area contributed by atoms with Gasteiger partial charge in [-0.25, -0.2) is 8.42 Å². The summed E-state index contributed by atoms with van der Waals surface area (Å²) >= 11 is 6.05. The van der Waals surface area contributed by atoms with E-state index in [1.54, 1.807) is 48.5 Å². The lowest BCUT2D eigenvalue weighted by Gasteiger charge is -2.10. The second-order valence-corrected chi connectivity index (χ2v) is 8.60. The summed E-state index contributed by atoms with van der Waals surface area (Å²) in [6, 6.07) is 19.7. The van der Waals surface area contributed by atoms with Crippen molar-refractivity contribution in [3.05, 3.63) is 88.9 Å². The van der Waals surface area contributed by atoms with E-state index in [-0.39, 0.29) is 10.8 Å². The van der Waals surface area contributed by atoms with Gasteiger partial charge >= 0.3 is 0 Å². The highest BCUT2D eigenvalue weighted by Gasteiger charge is 2.13. The fourth-order valence-corrected chi connectivity index (χ4v) is 3.85. The van der Waals surface area contributed by atoms with Gasteiger partial charge in [0.15, 0.2) is 0 Å². The van der Waals surface area contributed by atoms with Crippen molar-refractivity contribution in [3.8, 4) is 5.75 Å². The van der Waals surface area contributed by atoms with Crippen molar-refractivity contribution in [2.24, 2.45) is 0 Å². The lowest BCUT2D eigenvalue weighted by atomic mass is 10.2. The van der Waals surface area contributed by atoms with Crippen LogP contribution >= 0.6 is 11.6 Å². The fraction of sp³-hybridized carbons (Fsp3) is 0.136. The molecule has 2 N–H and O–H groups in total. The third kappa shape index (κ3) is 5.75. The molecule has 0 saturated carbocycles. The molecule has 3 rings (SSSR count). The zero-order valence-electron chi connectivity index (χ0n) is 16.3. The average molecular weight is 445 g/mol. The number of anilines is 1. The van der Waals surface area contributed by atoms with Gasteiger partial charge in [0, 0.05) is 16.3 Å². The quantitative estimate of drug-likeness (QED) is 0.508. The first-order valence-electron chi connectivity index (χ1n) is 9.20. The third-order valence-corrected chi connectivity index (χ3v) is 6.06. The number of aryl methyl sites for hydroxylation is 1. The molecule has 0 atom stereocenters. The number of halogens is 1. The van der Waals surface area contributed by atoms with Crippen LogP contribution in [0.25, 0.3) is 0 Å². The molecule has 3 aromatic rings. The summed E-state index contributed by atoms with van der Waals surface area (Å²) in [7, 11) is -3.67. The molecule has 156 valence electrons. The first kappa shape index (κ1) is 21.7. The van der Waals surface area contributed by atoms with Gasteiger partial charge in [-0.1, -0.05) is 35.9 Å². The summed E-state index contributed by atoms with van der Waals surface area (Å²) < 4.78 is 32.7. The summed E-state index contributed by atoms with van der Waals surface area (Å²) in [5, 5.41) is 3.38. The Balaban J connectivity index is 1.50. The monoisotopic (exact) mass is 444 g/mol. The van der Waals surface area contributed by atoms with E-state index in [0.717, 1.165) is 5.56 Å². The van der Waals surface area contributed by atoms with Crippen molar-refractivity contribution in [1.29, 1.82) is 0 Å². The van der Waals surface area contributed by atoms with Gasteiger partial charge in [0.05, 0.1) is 11.4 Å². The predicted octanol–water partition coefficient (Wildman–Crippen LogP) is 4.26. The summed E-state index contributed by atoms with van der Waals surface area (Å²) in [5.74, 6) is 0.355. The number of ether oxygens (including phenoxy) is 1. The maximum atomic E-state index is 12.3. The van der Waals surface area contributed by atoms with E-state index >= 15 is 0 Å². The van der Waals surface area contributed by atoms with Gasteiger partial charge in [-0.2, -0.15) is 0 Å². The summed E-state index contributed by atoms with van der Waals surface area (Å²) in [6.45, 7) is 2.51. The maximum Gasteiger partial charge on any atom is 0.261 e.